The van der Waals surface area contributed by atoms with E-state index in [0.29, 0.717) is 29.7 Å². The molecule has 2 rings (SSSR count). The van der Waals surface area contributed by atoms with Gasteiger partial charge in [0.2, 0.25) is 0 Å². The molecule has 1 saturated carbocycles. The molecular weight excluding hydrogens is 425 g/mol. The van der Waals surface area contributed by atoms with Crippen LogP contribution in [0.3, 0.4) is 0 Å². The summed E-state index contributed by atoms with van der Waals surface area (Å²) >= 11 is 13.4. The molecule has 1 aliphatic carbocycles. The van der Waals surface area contributed by atoms with E-state index in [1.807, 2.05) is 0 Å². The van der Waals surface area contributed by atoms with Gasteiger partial charge in [0.15, 0.2) is 0 Å². The van der Waals surface area contributed by atoms with Crippen molar-refractivity contribution in [3.63, 3.8) is 0 Å². The summed E-state index contributed by atoms with van der Waals surface area (Å²) in [5.41, 5.74) is 0.608. The van der Waals surface area contributed by atoms with Crippen molar-refractivity contribution in [2.75, 3.05) is 18.5 Å². The number of rotatable bonds is 5. The van der Waals surface area contributed by atoms with Crippen LogP contribution in [0.1, 0.15) is 20.3 Å². The van der Waals surface area contributed by atoms with Crippen LogP contribution < -0.4 is 10.1 Å². The Balaban J connectivity index is 1.95. The Morgan fingerprint density at radius 1 is 1.48 bits per heavy atom. The average molecular weight is 442 g/mol. The third kappa shape index (κ3) is 4.05. The lowest BCUT2D eigenvalue weighted by Crippen LogP contribution is -2.15. The molecule has 1 atom stereocenters. The number of carbonyl (C=O) groups excluding carboxylic acids is 1. The van der Waals surface area contributed by atoms with Crippen molar-refractivity contribution in [1.82, 2.24) is 0 Å². The zero-order valence-electron chi connectivity index (χ0n) is 11.7. The monoisotopic (exact) mass is 439 g/mol. The highest BCUT2D eigenvalue weighted by molar-refractivity contribution is 9.25. The Labute approximate surface area is 145 Å². The maximum atomic E-state index is 11.3. The molecule has 0 bridgehead atoms. The van der Waals surface area contributed by atoms with Crippen molar-refractivity contribution in [2.45, 2.75) is 23.5 Å². The van der Waals surface area contributed by atoms with E-state index in [4.69, 9.17) is 21.1 Å². The number of anilines is 1. The highest BCUT2D eigenvalue weighted by atomic mass is 79.9. The van der Waals surface area contributed by atoms with Gasteiger partial charge in [0.1, 0.15) is 5.75 Å². The normalized spacial score (nSPS) is 22.5. The maximum Gasteiger partial charge on any atom is 0.411 e. The van der Waals surface area contributed by atoms with Gasteiger partial charge in [0.05, 0.1) is 21.5 Å². The topological polar surface area (TPSA) is 47.6 Å². The Morgan fingerprint density at radius 3 is 2.67 bits per heavy atom. The number of benzene rings is 1. The van der Waals surface area contributed by atoms with Gasteiger partial charge in [-0.2, -0.15) is 0 Å². The highest BCUT2D eigenvalue weighted by Crippen LogP contribution is 2.66. The summed E-state index contributed by atoms with van der Waals surface area (Å²) in [6.07, 6.45) is 0.483. The largest absolute Gasteiger partial charge is 0.491 e. The van der Waals surface area contributed by atoms with Crippen LogP contribution in [0, 0.1) is 5.41 Å². The van der Waals surface area contributed by atoms with Crippen LogP contribution >= 0.6 is 43.5 Å². The van der Waals surface area contributed by atoms with Crippen molar-refractivity contribution in [3.8, 4) is 5.75 Å². The third-order valence-electron chi connectivity index (χ3n) is 3.37. The average Bonchev–Trinajstić information content (AvgIpc) is 2.87. The number of halogens is 3. The summed E-state index contributed by atoms with van der Waals surface area (Å²) in [5, 5.41) is 3.04. The van der Waals surface area contributed by atoms with Crippen LogP contribution in [-0.2, 0) is 4.74 Å². The van der Waals surface area contributed by atoms with E-state index in [1.165, 1.54) is 0 Å². The van der Waals surface area contributed by atoms with Gasteiger partial charge in [0.25, 0.3) is 0 Å². The van der Waals surface area contributed by atoms with E-state index in [-0.39, 0.29) is 8.65 Å². The van der Waals surface area contributed by atoms with Crippen LogP contribution in [0.15, 0.2) is 18.2 Å². The second-order valence-electron chi connectivity index (χ2n) is 5.22. The molecule has 116 valence electrons. The molecule has 1 N–H and O–H groups in total. The van der Waals surface area contributed by atoms with Crippen molar-refractivity contribution in [3.05, 3.63) is 23.2 Å². The zero-order valence-corrected chi connectivity index (χ0v) is 15.6. The predicted molar refractivity (Wildman–Crippen MR) is 90.9 cm³/mol. The molecule has 0 aliphatic heterocycles. The Hall–Kier alpha value is -0.460. The fourth-order valence-corrected chi connectivity index (χ4v) is 3.52. The van der Waals surface area contributed by atoms with E-state index in [9.17, 15) is 4.79 Å². The SMILES string of the molecule is CCOC(=O)Nc1ccc(OCC2(C)CC2(Br)Br)c(Cl)c1. The quantitative estimate of drug-likeness (QED) is 0.641. The lowest BCUT2D eigenvalue weighted by atomic mass is 10.2. The first kappa shape index (κ1) is 16.9. The molecule has 7 heteroatoms. The molecule has 1 unspecified atom stereocenters. The van der Waals surface area contributed by atoms with Crippen LogP contribution in [0.5, 0.6) is 5.75 Å². The highest BCUT2D eigenvalue weighted by Gasteiger charge is 2.62. The van der Waals surface area contributed by atoms with Gasteiger partial charge in [-0.25, -0.2) is 4.79 Å². The van der Waals surface area contributed by atoms with Crippen LogP contribution in [0.2, 0.25) is 5.02 Å². The van der Waals surface area contributed by atoms with Crippen LogP contribution in [0.4, 0.5) is 10.5 Å². The number of hydrogen-bond donors (Lipinski definition) is 1. The number of hydrogen-bond acceptors (Lipinski definition) is 3. The summed E-state index contributed by atoms with van der Waals surface area (Å²) in [4.78, 5) is 11.3. The molecular formula is C14H16Br2ClNO3. The molecule has 0 radical (unpaired) electrons. The van der Waals surface area contributed by atoms with E-state index < -0.39 is 6.09 Å². The summed E-state index contributed by atoms with van der Waals surface area (Å²) in [6, 6.07) is 5.10. The molecule has 1 aromatic carbocycles. The lowest BCUT2D eigenvalue weighted by molar-refractivity contribution is 0.168. The molecule has 1 fully saturated rings. The van der Waals surface area contributed by atoms with Gasteiger partial charge in [-0.1, -0.05) is 50.4 Å². The van der Waals surface area contributed by atoms with Crippen molar-refractivity contribution >= 4 is 55.2 Å². The summed E-state index contributed by atoms with van der Waals surface area (Å²) in [7, 11) is 0. The number of carbonyl (C=O) groups is 1. The van der Waals surface area contributed by atoms with Crippen LogP contribution in [0.25, 0.3) is 0 Å². The smallest absolute Gasteiger partial charge is 0.411 e. The van der Waals surface area contributed by atoms with Crippen molar-refractivity contribution in [2.24, 2.45) is 5.41 Å². The van der Waals surface area contributed by atoms with Crippen molar-refractivity contribution in [1.29, 1.82) is 0 Å². The Kier molecular flexibility index (Phi) is 5.11. The second kappa shape index (κ2) is 6.34. The number of ether oxygens (including phenoxy) is 2. The predicted octanol–water partition coefficient (Wildman–Crippen LogP) is 5.18. The number of nitrogens with one attached hydrogen (secondary N) is 1. The van der Waals surface area contributed by atoms with Gasteiger partial charge in [-0.05, 0) is 31.5 Å². The first-order valence-electron chi connectivity index (χ1n) is 6.51. The minimum atomic E-state index is -0.504. The maximum absolute atomic E-state index is 11.3. The van der Waals surface area contributed by atoms with E-state index in [2.05, 4.69) is 44.1 Å². The fraction of sp³-hybridized carbons (Fsp3) is 0.500. The van der Waals surface area contributed by atoms with Crippen LogP contribution in [-0.4, -0.2) is 22.5 Å². The Bertz CT molecular complexity index is 553. The summed E-state index contributed by atoms with van der Waals surface area (Å²) < 4.78 is 10.5. The molecule has 0 saturated heterocycles. The first-order valence-corrected chi connectivity index (χ1v) is 8.48. The van der Waals surface area contributed by atoms with Gasteiger partial charge in [-0.15, -0.1) is 0 Å². The third-order valence-corrected chi connectivity index (χ3v) is 6.14. The molecule has 0 heterocycles. The lowest BCUT2D eigenvalue weighted by Gasteiger charge is -2.15. The van der Waals surface area contributed by atoms with E-state index in [0.717, 1.165) is 6.42 Å². The number of amides is 1. The standard InChI is InChI=1S/C14H16Br2ClNO3/c1-3-20-12(19)18-9-4-5-11(10(17)6-9)21-8-13(2)7-14(13,15)16/h4-6H,3,7-8H2,1-2H3,(H,18,19). The molecule has 1 aromatic rings. The van der Waals surface area contributed by atoms with Gasteiger partial charge in [-0.3, -0.25) is 5.32 Å². The Morgan fingerprint density at radius 2 is 2.14 bits per heavy atom. The van der Waals surface area contributed by atoms with E-state index in [1.54, 1.807) is 25.1 Å². The fourth-order valence-electron chi connectivity index (χ4n) is 1.82. The number of alkyl halides is 2. The summed E-state index contributed by atoms with van der Waals surface area (Å²) in [5.74, 6) is 0.593. The molecule has 4 nitrogen and oxygen atoms in total. The first-order chi connectivity index (χ1) is 9.77. The summed E-state index contributed by atoms with van der Waals surface area (Å²) in [6.45, 7) is 4.74. The molecule has 21 heavy (non-hydrogen) atoms. The molecule has 0 spiro atoms. The van der Waals surface area contributed by atoms with Gasteiger partial charge in [0, 0.05) is 11.1 Å². The second-order valence-corrected chi connectivity index (χ2v) is 9.40. The molecule has 1 aliphatic rings. The van der Waals surface area contributed by atoms with Gasteiger partial charge < -0.3 is 9.47 Å². The minimum Gasteiger partial charge on any atom is -0.491 e. The van der Waals surface area contributed by atoms with Crippen molar-refractivity contribution < 1.29 is 14.3 Å². The van der Waals surface area contributed by atoms with Gasteiger partial charge >= 0.3 is 6.09 Å². The zero-order chi connectivity index (χ0) is 15.7. The molecule has 1 amide bonds. The van der Waals surface area contributed by atoms with E-state index >= 15 is 0 Å². The minimum absolute atomic E-state index is 0.0399. The molecule has 0 aromatic heterocycles.